The van der Waals surface area contributed by atoms with Crippen molar-refractivity contribution in [3.8, 4) is 0 Å². The first-order chi connectivity index (χ1) is 8.09. The van der Waals surface area contributed by atoms with Crippen molar-refractivity contribution in [3.05, 3.63) is 12.2 Å². The van der Waals surface area contributed by atoms with E-state index in [9.17, 15) is 4.79 Å². The van der Waals surface area contributed by atoms with Crippen LogP contribution in [0.4, 0.5) is 0 Å². The lowest BCUT2D eigenvalue weighted by atomic mass is 9.78. The summed E-state index contributed by atoms with van der Waals surface area (Å²) in [7, 11) is 0. The Bertz CT molecular complexity index is 360. The molecule has 0 aromatic rings. The summed E-state index contributed by atoms with van der Waals surface area (Å²) in [5.41, 5.74) is 0.738. The second-order valence-corrected chi connectivity index (χ2v) is 6.35. The highest BCUT2D eigenvalue weighted by Crippen LogP contribution is 2.52. The average Bonchev–Trinajstić information content (AvgIpc) is 2.75. The van der Waals surface area contributed by atoms with Crippen LogP contribution in [0.2, 0.25) is 0 Å². The number of carbonyl (C=O) groups excluding carboxylic acids is 1. The molecule has 1 saturated heterocycles. The monoisotopic (exact) mass is 234 g/mol. The van der Waals surface area contributed by atoms with Gasteiger partial charge in [0.15, 0.2) is 0 Å². The topological polar surface area (TPSA) is 26.3 Å². The first-order valence-electron chi connectivity index (χ1n) is 6.99. The Morgan fingerprint density at radius 2 is 1.82 bits per heavy atom. The summed E-state index contributed by atoms with van der Waals surface area (Å²) < 4.78 is 5.65. The minimum atomic E-state index is -0.132. The third-order valence-electron chi connectivity index (χ3n) is 5.50. The van der Waals surface area contributed by atoms with Crippen molar-refractivity contribution >= 4 is 5.97 Å². The maximum Gasteiger partial charge on any atom is 0.334 e. The number of fused-ring (bicyclic) bond motifs is 3. The van der Waals surface area contributed by atoms with Gasteiger partial charge in [0.05, 0.1) is 0 Å². The molecule has 0 aromatic heterocycles. The van der Waals surface area contributed by atoms with Gasteiger partial charge in [-0.2, -0.15) is 0 Å². The SMILES string of the molecule is C=C1C(=O)O[C@@H]2[C@@H]3[C@@H](CC[C@H]3C)[C@@H](C)CC[C@@H]12. The standard InChI is InChI=1S/C15H22O2/c1-8-4-7-12-10(3)15(16)17-14(12)13-9(2)5-6-11(8)13/h8-9,11-14H,3-7H2,1-2H3/t8-,9+,11-,12-,13-,14-/m0/s1. The van der Waals surface area contributed by atoms with Gasteiger partial charge in [-0.25, -0.2) is 4.79 Å². The number of esters is 1. The molecule has 3 fully saturated rings. The number of carbonyl (C=O) groups is 1. The van der Waals surface area contributed by atoms with Gasteiger partial charge in [-0.05, 0) is 37.0 Å². The van der Waals surface area contributed by atoms with Crippen molar-refractivity contribution in [1.29, 1.82) is 0 Å². The smallest absolute Gasteiger partial charge is 0.334 e. The van der Waals surface area contributed by atoms with Gasteiger partial charge in [0, 0.05) is 17.4 Å². The van der Waals surface area contributed by atoms with Crippen molar-refractivity contribution in [2.75, 3.05) is 0 Å². The van der Waals surface area contributed by atoms with Crippen LogP contribution in [-0.4, -0.2) is 12.1 Å². The summed E-state index contributed by atoms with van der Waals surface area (Å²) in [6, 6.07) is 0. The molecule has 6 atom stereocenters. The highest BCUT2D eigenvalue weighted by atomic mass is 16.6. The molecule has 0 radical (unpaired) electrons. The maximum absolute atomic E-state index is 11.7. The van der Waals surface area contributed by atoms with Gasteiger partial charge in [-0.15, -0.1) is 0 Å². The molecule has 2 nitrogen and oxygen atoms in total. The van der Waals surface area contributed by atoms with E-state index in [1.165, 1.54) is 19.3 Å². The number of ether oxygens (including phenoxy) is 1. The highest BCUT2D eigenvalue weighted by Gasteiger charge is 2.52. The fourth-order valence-electron chi connectivity index (χ4n) is 4.47. The summed E-state index contributed by atoms with van der Waals surface area (Å²) in [5, 5.41) is 0. The van der Waals surface area contributed by atoms with Crippen molar-refractivity contribution in [1.82, 2.24) is 0 Å². The normalized spacial score (nSPS) is 49.5. The van der Waals surface area contributed by atoms with Crippen LogP contribution in [0.3, 0.4) is 0 Å². The molecule has 0 aromatic carbocycles. The lowest BCUT2D eigenvalue weighted by Gasteiger charge is -2.30. The predicted octanol–water partition coefficient (Wildman–Crippen LogP) is 3.18. The molecule has 94 valence electrons. The van der Waals surface area contributed by atoms with Gasteiger partial charge in [-0.3, -0.25) is 0 Å². The first-order valence-corrected chi connectivity index (χ1v) is 6.99. The Morgan fingerprint density at radius 3 is 2.59 bits per heavy atom. The Kier molecular flexibility index (Phi) is 2.57. The van der Waals surface area contributed by atoms with Crippen LogP contribution in [0.5, 0.6) is 0 Å². The van der Waals surface area contributed by atoms with E-state index in [2.05, 4.69) is 20.4 Å². The summed E-state index contributed by atoms with van der Waals surface area (Å²) >= 11 is 0. The number of hydrogen-bond donors (Lipinski definition) is 0. The van der Waals surface area contributed by atoms with Crippen LogP contribution in [0.25, 0.3) is 0 Å². The van der Waals surface area contributed by atoms with Gasteiger partial charge >= 0.3 is 5.97 Å². The summed E-state index contributed by atoms with van der Waals surface area (Å²) in [6.45, 7) is 8.66. The fraction of sp³-hybridized carbons (Fsp3) is 0.800. The molecule has 2 aliphatic carbocycles. The van der Waals surface area contributed by atoms with E-state index in [-0.39, 0.29) is 12.1 Å². The summed E-state index contributed by atoms with van der Waals surface area (Å²) in [6.07, 6.45) is 5.08. The Hall–Kier alpha value is -0.790. The van der Waals surface area contributed by atoms with Crippen LogP contribution in [-0.2, 0) is 9.53 Å². The molecule has 2 saturated carbocycles. The van der Waals surface area contributed by atoms with Crippen LogP contribution in [0.15, 0.2) is 12.2 Å². The second-order valence-electron chi connectivity index (χ2n) is 6.35. The molecule has 1 heterocycles. The fourth-order valence-corrected chi connectivity index (χ4v) is 4.47. The lowest BCUT2D eigenvalue weighted by molar-refractivity contribution is -0.142. The van der Waals surface area contributed by atoms with E-state index < -0.39 is 0 Å². The van der Waals surface area contributed by atoms with Crippen LogP contribution in [0, 0.1) is 29.6 Å². The van der Waals surface area contributed by atoms with E-state index in [1.807, 2.05) is 0 Å². The molecular formula is C15H22O2. The molecule has 0 unspecified atom stereocenters. The van der Waals surface area contributed by atoms with Crippen molar-refractivity contribution < 1.29 is 9.53 Å². The van der Waals surface area contributed by atoms with E-state index >= 15 is 0 Å². The minimum absolute atomic E-state index is 0.132. The Labute approximate surface area is 103 Å². The van der Waals surface area contributed by atoms with Gasteiger partial charge < -0.3 is 4.74 Å². The van der Waals surface area contributed by atoms with Gasteiger partial charge in [0.1, 0.15) is 6.10 Å². The molecule has 3 aliphatic rings. The zero-order valence-electron chi connectivity index (χ0n) is 10.8. The van der Waals surface area contributed by atoms with Gasteiger partial charge in [-0.1, -0.05) is 26.8 Å². The molecule has 3 rings (SSSR count). The number of rotatable bonds is 0. The van der Waals surface area contributed by atoms with E-state index in [1.54, 1.807) is 0 Å². The number of hydrogen-bond acceptors (Lipinski definition) is 2. The third kappa shape index (κ3) is 1.56. The zero-order chi connectivity index (χ0) is 12.2. The molecule has 1 aliphatic heterocycles. The Balaban J connectivity index is 1.95. The quantitative estimate of drug-likeness (QED) is 0.475. The average molecular weight is 234 g/mol. The maximum atomic E-state index is 11.7. The molecular weight excluding hydrogens is 212 g/mol. The molecule has 0 amide bonds. The highest BCUT2D eigenvalue weighted by molar-refractivity contribution is 5.90. The van der Waals surface area contributed by atoms with E-state index in [0.29, 0.717) is 17.8 Å². The molecule has 0 N–H and O–H groups in total. The van der Waals surface area contributed by atoms with Gasteiger partial charge in [0.2, 0.25) is 0 Å². The molecule has 0 bridgehead atoms. The minimum Gasteiger partial charge on any atom is -0.458 e. The van der Waals surface area contributed by atoms with Crippen molar-refractivity contribution in [2.24, 2.45) is 29.6 Å². The molecule has 0 spiro atoms. The molecule has 2 heteroatoms. The van der Waals surface area contributed by atoms with Gasteiger partial charge in [0.25, 0.3) is 0 Å². The van der Waals surface area contributed by atoms with E-state index in [0.717, 1.165) is 23.8 Å². The summed E-state index contributed by atoms with van der Waals surface area (Å²) in [5.74, 6) is 3.00. The van der Waals surface area contributed by atoms with E-state index in [4.69, 9.17) is 4.74 Å². The largest absolute Gasteiger partial charge is 0.458 e. The van der Waals surface area contributed by atoms with Crippen molar-refractivity contribution in [2.45, 2.75) is 45.6 Å². The predicted molar refractivity (Wildman–Crippen MR) is 66.3 cm³/mol. The second kappa shape index (κ2) is 3.86. The molecule has 17 heavy (non-hydrogen) atoms. The van der Waals surface area contributed by atoms with Crippen LogP contribution >= 0.6 is 0 Å². The van der Waals surface area contributed by atoms with Crippen LogP contribution in [0.1, 0.15) is 39.5 Å². The lowest BCUT2D eigenvalue weighted by Crippen LogP contribution is -2.32. The summed E-state index contributed by atoms with van der Waals surface area (Å²) in [4.78, 5) is 11.7. The third-order valence-corrected chi connectivity index (χ3v) is 5.50. The zero-order valence-corrected chi connectivity index (χ0v) is 10.8. The van der Waals surface area contributed by atoms with Crippen molar-refractivity contribution in [3.63, 3.8) is 0 Å². The first kappa shape index (κ1) is 11.3. The van der Waals surface area contributed by atoms with Crippen LogP contribution < -0.4 is 0 Å². The Morgan fingerprint density at radius 1 is 1.12 bits per heavy atom.